The summed E-state index contributed by atoms with van der Waals surface area (Å²) in [6.45, 7) is 2.04. The lowest BCUT2D eigenvalue weighted by Crippen LogP contribution is -2.26. The predicted molar refractivity (Wildman–Crippen MR) is 70.9 cm³/mol. The maximum atomic E-state index is 12.7. The van der Waals surface area contributed by atoms with E-state index >= 15 is 0 Å². The monoisotopic (exact) mass is 286 g/mol. The van der Waals surface area contributed by atoms with E-state index in [-0.39, 0.29) is 18.9 Å². The third-order valence-electron chi connectivity index (χ3n) is 3.16. The number of carbonyl (C=O) groups excluding carboxylic acids is 1. The maximum Gasteiger partial charge on any atom is 0.302 e. The number of nitrogens with two attached hydrogens (primary N) is 1. The zero-order valence-corrected chi connectivity index (χ0v) is 11.3. The van der Waals surface area contributed by atoms with E-state index in [0.717, 1.165) is 5.56 Å². The van der Waals surface area contributed by atoms with Gasteiger partial charge in [0, 0.05) is 30.3 Å². The maximum absolute atomic E-state index is 12.7. The molecule has 0 radical (unpaired) electrons. The van der Waals surface area contributed by atoms with Gasteiger partial charge in [-0.25, -0.2) is 0 Å². The molecule has 0 bridgehead atoms. The summed E-state index contributed by atoms with van der Waals surface area (Å²) < 4.78 is 33.9. The first-order chi connectivity index (χ1) is 8.76. The topological polar surface area (TPSA) is 80.5 Å². The van der Waals surface area contributed by atoms with Crippen molar-refractivity contribution in [3.8, 4) is 0 Å². The minimum Gasteiger partial charge on any atom is -0.399 e. The molecule has 0 saturated carbocycles. The molecule has 1 aromatic carbocycles. The molecule has 1 aliphatic rings. The highest BCUT2D eigenvalue weighted by atomic mass is 32.3. The van der Waals surface area contributed by atoms with Crippen molar-refractivity contribution in [3.05, 3.63) is 23.8 Å². The lowest BCUT2D eigenvalue weighted by Gasteiger charge is -2.19. The Bertz CT molecular complexity index is 615. The van der Waals surface area contributed by atoms with Crippen molar-refractivity contribution in [2.75, 3.05) is 22.9 Å². The van der Waals surface area contributed by atoms with Gasteiger partial charge in [-0.15, -0.1) is 3.89 Å². The number of anilines is 2. The van der Waals surface area contributed by atoms with Crippen molar-refractivity contribution in [3.63, 3.8) is 0 Å². The van der Waals surface area contributed by atoms with E-state index < -0.39 is 21.9 Å². The van der Waals surface area contributed by atoms with Crippen LogP contribution >= 0.6 is 0 Å². The van der Waals surface area contributed by atoms with Gasteiger partial charge in [-0.1, -0.05) is 6.07 Å². The molecule has 1 heterocycles. The Hall–Kier alpha value is -1.63. The normalized spacial score (nSPS) is 20.0. The number of hydrogen-bond donors (Lipinski definition) is 1. The van der Waals surface area contributed by atoms with Crippen molar-refractivity contribution in [1.82, 2.24) is 0 Å². The van der Waals surface area contributed by atoms with Crippen molar-refractivity contribution in [2.24, 2.45) is 5.92 Å². The molecular formula is C12H15FN2O3S. The van der Waals surface area contributed by atoms with Crippen LogP contribution in [0.25, 0.3) is 0 Å². The highest BCUT2D eigenvalue weighted by Crippen LogP contribution is 2.30. The van der Waals surface area contributed by atoms with Gasteiger partial charge in [0.05, 0.1) is 5.75 Å². The summed E-state index contributed by atoms with van der Waals surface area (Å²) in [4.78, 5) is 13.4. The van der Waals surface area contributed by atoms with Gasteiger partial charge < -0.3 is 10.6 Å². The Balaban J connectivity index is 2.23. The first kappa shape index (κ1) is 13.8. The summed E-state index contributed by atoms with van der Waals surface area (Å²) in [6, 6.07) is 5.18. The molecule has 0 spiro atoms. The van der Waals surface area contributed by atoms with E-state index in [1.807, 2.05) is 6.92 Å². The van der Waals surface area contributed by atoms with Gasteiger partial charge in [0.1, 0.15) is 0 Å². The molecule has 2 rings (SSSR count). The SMILES string of the molecule is Cc1ccc(N)cc1N1CC(CS(=O)(=O)F)CC1=O. The zero-order valence-electron chi connectivity index (χ0n) is 10.5. The molecule has 5 nitrogen and oxygen atoms in total. The van der Waals surface area contributed by atoms with E-state index in [1.165, 1.54) is 4.90 Å². The van der Waals surface area contributed by atoms with Gasteiger partial charge in [-0.2, -0.15) is 8.42 Å². The molecule has 1 fully saturated rings. The Morgan fingerprint density at radius 3 is 2.79 bits per heavy atom. The standard InChI is InChI=1S/C12H15FN2O3S/c1-8-2-3-10(14)5-11(8)15-6-9(4-12(15)16)7-19(13,17)18/h2-3,5,9H,4,6-7,14H2,1H3. The minimum atomic E-state index is -4.56. The number of nitrogens with zero attached hydrogens (tertiary/aromatic N) is 1. The molecule has 0 aliphatic carbocycles. The van der Waals surface area contributed by atoms with Crippen LogP contribution in [0.1, 0.15) is 12.0 Å². The number of rotatable bonds is 3. The second kappa shape index (κ2) is 4.80. The fourth-order valence-corrected chi connectivity index (χ4v) is 3.11. The van der Waals surface area contributed by atoms with Crippen molar-refractivity contribution in [2.45, 2.75) is 13.3 Å². The van der Waals surface area contributed by atoms with Crippen molar-refractivity contribution >= 4 is 27.5 Å². The Morgan fingerprint density at radius 2 is 2.16 bits per heavy atom. The predicted octanol–water partition coefficient (Wildman–Crippen LogP) is 1.23. The molecule has 1 amide bonds. The number of aryl methyl sites for hydroxylation is 1. The summed E-state index contributed by atoms with van der Waals surface area (Å²) in [5.74, 6) is -1.33. The van der Waals surface area contributed by atoms with E-state index in [4.69, 9.17) is 5.73 Å². The largest absolute Gasteiger partial charge is 0.399 e. The first-order valence-electron chi connectivity index (χ1n) is 5.85. The van der Waals surface area contributed by atoms with Crippen LogP contribution in [-0.4, -0.2) is 26.6 Å². The Kier molecular flexibility index (Phi) is 3.49. The minimum absolute atomic E-state index is 0.0391. The van der Waals surface area contributed by atoms with Gasteiger partial charge >= 0.3 is 10.2 Å². The van der Waals surface area contributed by atoms with Gasteiger partial charge in [-0.3, -0.25) is 4.79 Å². The number of hydrogen-bond acceptors (Lipinski definition) is 4. The summed E-state index contributed by atoms with van der Waals surface area (Å²) in [5.41, 5.74) is 7.73. The smallest absolute Gasteiger partial charge is 0.302 e. The second-order valence-electron chi connectivity index (χ2n) is 4.83. The molecule has 19 heavy (non-hydrogen) atoms. The third kappa shape index (κ3) is 3.23. The van der Waals surface area contributed by atoms with Crippen LogP contribution in [0, 0.1) is 12.8 Å². The van der Waals surface area contributed by atoms with E-state index in [9.17, 15) is 17.1 Å². The molecule has 1 aliphatic heterocycles. The molecule has 1 unspecified atom stereocenters. The summed E-state index contributed by atoms with van der Waals surface area (Å²) in [5, 5.41) is 0. The highest BCUT2D eigenvalue weighted by Gasteiger charge is 2.34. The first-order valence-corrected chi connectivity index (χ1v) is 7.40. The van der Waals surface area contributed by atoms with Crippen LogP contribution in [0.5, 0.6) is 0 Å². The van der Waals surface area contributed by atoms with Gasteiger partial charge in [-0.05, 0) is 24.6 Å². The third-order valence-corrected chi connectivity index (χ3v) is 4.03. The fourth-order valence-electron chi connectivity index (χ4n) is 2.32. The molecule has 1 saturated heterocycles. The Labute approximate surface area is 111 Å². The Morgan fingerprint density at radius 1 is 1.47 bits per heavy atom. The number of halogens is 1. The number of benzene rings is 1. The van der Waals surface area contributed by atoms with Crippen molar-refractivity contribution in [1.29, 1.82) is 0 Å². The highest BCUT2D eigenvalue weighted by molar-refractivity contribution is 7.86. The van der Waals surface area contributed by atoms with Crippen molar-refractivity contribution < 1.29 is 17.1 Å². The molecule has 2 N–H and O–H groups in total. The zero-order chi connectivity index (χ0) is 14.2. The van der Waals surface area contributed by atoms with Crippen LogP contribution in [0.3, 0.4) is 0 Å². The van der Waals surface area contributed by atoms with Crippen LogP contribution in [0.4, 0.5) is 15.3 Å². The van der Waals surface area contributed by atoms with E-state index in [1.54, 1.807) is 18.2 Å². The quantitative estimate of drug-likeness (QED) is 0.669. The average Bonchev–Trinajstić information content (AvgIpc) is 2.60. The molecule has 1 atom stereocenters. The summed E-state index contributed by atoms with van der Waals surface area (Å²) in [6.07, 6.45) is 0.0391. The summed E-state index contributed by atoms with van der Waals surface area (Å²) >= 11 is 0. The van der Waals surface area contributed by atoms with E-state index in [2.05, 4.69) is 0 Å². The average molecular weight is 286 g/mol. The van der Waals surface area contributed by atoms with Gasteiger partial charge in [0.2, 0.25) is 5.91 Å². The molecule has 104 valence electrons. The molecule has 7 heteroatoms. The number of amides is 1. The lowest BCUT2D eigenvalue weighted by atomic mass is 10.1. The lowest BCUT2D eigenvalue weighted by molar-refractivity contribution is -0.117. The summed E-state index contributed by atoms with van der Waals surface area (Å²) in [7, 11) is -4.56. The number of carbonyl (C=O) groups is 1. The van der Waals surface area contributed by atoms with Crippen LogP contribution in [0.2, 0.25) is 0 Å². The fraction of sp³-hybridized carbons (Fsp3) is 0.417. The van der Waals surface area contributed by atoms with Gasteiger partial charge in [0.25, 0.3) is 0 Å². The molecule has 0 aromatic heterocycles. The second-order valence-corrected chi connectivity index (χ2v) is 6.24. The van der Waals surface area contributed by atoms with Crippen LogP contribution < -0.4 is 10.6 Å². The van der Waals surface area contributed by atoms with Crippen LogP contribution in [-0.2, 0) is 15.0 Å². The molecular weight excluding hydrogens is 271 g/mol. The molecule has 1 aromatic rings. The van der Waals surface area contributed by atoms with Crippen LogP contribution in [0.15, 0.2) is 18.2 Å². The number of nitrogen functional groups attached to an aromatic ring is 1. The van der Waals surface area contributed by atoms with Gasteiger partial charge in [0.15, 0.2) is 0 Å². The van der Waals surface area contributed by atoms with E-state index in [0.29, 0.717) is 11.4 Å².